The van der Waals surface area contributed by atoms with E-state index in [2.05, 4.69) is 13.2 Å². The molecule has 0 atom stereocenters. The van der Waals surface area contributed by atoms with Crippen LogP contribution in [0.3, 0.4) is 0 Å². The number of hydrogen-bond acceptors (Lipinski definition) is 2. The van der Waals surface area contributed by atoms with Gasteiger partial charge in [0, 0.05) is 12.8 Å². The first-order chi connectivity index (χ1) is 7.27. The van der Waals surface area contributed by atoms with Crippen molar-refractivity contribution in [3.63, 3.8) is 0 Å². The zero-order valence-electron chi connectivity index (χ0n) is 10.1. The summed E-state index contributed by atoms with van der Waals surface area (Å²) in [4.78, 5) is 24.5. The highest BCUT2D eigenvalue weighted by molar-refractivity contribution is 6.11. The summed E-state index contributed by atoms with van der Waals surface area (Å²) >= 11 is 0. The van der Waals surface area contributed by atoms with Crippen molar-refractivity contribution in [3.05, 3.63) is 24.3 Å². The summed E-state index contributed by atoms with van der Waals surface area (Å²) in [6, 6.07) is 0. The van der Waals surface area contributed by atoms with Gasteiger partial charge in [-0.05, 0) is 18.3 Å². The Morgan fingerprint density at radius 2 is 1.25 bits per heavy atom. The van der Waals surface area contributed by atoms with Crippen LogP contribution in [0.2, 0.25) is 0 Å². The lowest BCUT2D eigenvalue weighted by Crippen LogP contribution is -2.46. The fourth-order valence-electron chi connectivity index (χ4n) is 2.86. The predicted molar refractivity (Wildman–Crippen MR) is 63.0 cm³/mol. The summed E-state index contributed by atoms with van der Waals surface area (Å²) < 4.78 is 0. The van der Waals surface area contributed by atoms with Gasteiger partial charge in [0.2, 0.25) is 0 Å². The molecule has 2 rings (SSSR count). The molecule has 2 heteroatoms. The fraction of sp³-hybridized carbons (Fsp3) is 0.571. The molecule has 86 valence electrons. The van der Waals surface area contributed by atoms with Crippen molar-refractivity contribution in [3.8, 4) is 0 Å². The van der Waals surface area contributed by atoms with Gasteiger partial charge >= 0.3 is 0 Å². The summed E-state index contributed by atoms with van der Waals surface area (Å²) in [7, 11) is 0. The Morgan fingerprint density at radius 3 is 1.62 bits per heavy atom. The van der Waals surface area contributed by atoms with Crippen molar-refractivity contribution in [2.45, 2.75) is 39.5 Å². The second kappa shape index (κ2) is 3.16. The highest BCUT2D eigenvalue weighted by atomic mass is 16.2. The minimum absolute atomic E-state index is 0.0913. The number of ketones is 2. The Morgan fingerprint density at radius 1 is 0.875 bits per heavy atom. The number of Topliss-reactive ketones (excluding diaryl/α,β-unsaturated/α-hetero) is 2. The lowest BCUT2D eigenvalue weighted by atomic mass is 9.62. The molecule has 0 aromatic rings. The van der Waals surface area contributed by atoms with Gasteiger partial charge < -0.3 is 0 Å². The van der Waals surface area contributed by atoms with Crippen LogP contribution in [0, 0.1) is 10.8 Å². The Bertz CT molecular complexity index is 374. The van der Waals surface area contributed by atoms with Crippen molar-refractivity contribution >= 4 is 11.6 Å². The van der Waals surface area contributed by atoms with Crippen LogP contribution in [0.15, 0.2) is 24.3 Å². The van der Waals surface area contributed by atoms with E-state index in [1.54, 1.807) is 0 Å². The zero-order valence-corrected chi connectivity index (χ0v) is 10.1. The zero-order chi connectivity index (χ0) is 12.1. The molecular weight excluding hydrogens is 200 g/mol. The van der Waals surface area contributed by atoms with Gasteiger partial charge in [0.15, 0.2) is 0 Å². The molecule has 0 aromatic carbocycles. The van der Waals surface area contributed by atoms with Gasteiger partial charge in [-0.2, -0.15) is 0 Å². The number of hydrogen-bond donors (Lipinski definition) is 0. The Hall–Kier alpha value is -1.18. The van der Waals surface area contributed by atoms with Gasteiger partial charge in [-0.15, -0.1) is 0 Å². The molecule has 0 bridgehead atoms. The van der Waals surface area contributed by atoms with E-state index in [0.717, 1.165) is 11.1 Å². The van der Waals surface area contributed by atoms with Crippen LogP contribution in [0.25, 0.3) is 0 Å². The minimum atomic E-state index is -0.788. The lowest BCUT2D eigenvalue weighted by molar-refractivity contribution is -0.147. The molecule has 0 radical (unpaired) electrons. The molecule has 2 nitrogen and oxygen atoms in total. The summed E-state index contributed by atoms with van der Waals surface area (Å²) in [5.41, 5.74) is 0.789. The molecule has 2 fully saturated rings. The molecule has 0 saturated heterocycles. The third-order valence-corrected chi connectivity index (χ3v) is 3.88. The Labute approximate surface area is 96.4 Å². The molecule has 16 heavy (non-hydrogen) atoms. The van der Waals surface area contributed by atoms with Crippen molar-refractivity contribution < 1.29 is 9.59 Å². The summed E-state index contributed by atoms with van der Waals surface area (Å²) in [5.74, 6) is 0.183. The largest absolute Gasteiger partial charge is 0.299 e. The van der Waals surface area contributed by atoms with Crippen LogP contribution in [0.1, 0.15) is 39.5 Å². The van der Waals surface area contributed by atoms with Crippen molar-refractivity contribution in [1.29, 1.82) is 0 Å². The van der Waals surface area contributed by atoms with Crippen LogP contribution in [-0.2, 0) is 9.59 Å². The van der Waals surface area contributed by atoms with Crippen molar-refractivity contribution in [2.75, 3.05) is 0 Å². The normalized spacial score (nSPS) is 27.9. The summed E-state index contributed by atoms with van der Waals surface area (Å²) in [6.07, 6.45) is 2.00. The van der Waals surface area contributed by atoms with Gasteiger partial charge in [-0.1, -0.05) is 38.2 Å². The monoisotopic (exact) mass is 218 g/mol. The van der Waals surface area contributed by atoms with Crippen LogP contribution in [-0.4, -0.2) is 11.6 Å². The number of allylic oxidation sites excluding steroid dienone is 2. The van der Waals surface area contributed by atoms with Gasteiger partial charge in [0.05, 0.1) is 5.41 Å². The maximum Gasteiger partial charge on any atom is 0.147 e. The lowest BCUT2D eigenvalue weighted by Gasteiger charge is -2.38. The van der Waals surface area contributed by atoms with Crippen LogP contribution in [0.5, 0.6) is 0 Å². The van der Waals surface area contributed by atoms with E-state index in [4.69, 9.17) is 0 Å². The maximum atomic E-state index is 12.2. The van der Waals surface area contributed by atoms with Gasteiger partial charge in [-0.3, -0.25) is 9.59 Å². The van der Waals surface area contributed by atoms with E-state index in [1.165, 1.54) is 0 Å². The van der Waals surface area contributed by atoms with E-state index < -0.39 is 5.41 Å². The molecule has 0 N–H and O–H groups in total. The maximum absolute atomic E-state index is 12.2. The van der Waals surface area contributed by atoms with E-state index in [1.807, 2.05) is 13.8 Å². The van der Waals surface area contributed by atoms with Crippen LogP contribution in [0.4, 0.5) is 0 Å². The van der Waals surface area contributed by atoms with Crippen LogP contribution < -0.4 is 0 Å². The summed E-state index contributed by atoms with van der Waals surface area (Å²) in [6.45, 7) is 11.7. The molecule has 2 aliphatic rings. The van der Waals surface area contributed by atoms with Crippen molar-refractivity contribution in [2.24, 2.45) is 10.8 Å². The smallest absolute Gasteiger partial charge is 0.147 e. The Balaban J connectivity index is 2.37. The third kappa shape index (κ3) is 1.48. The van der Waals surface area contributed by atoms with E-state index >= 15 is 0 Å². The Kier molecular flexibility index (Phi) is 2.23. The first kappa shape index (κ1) is 11.3. The molecule has 1 spiro atoms. The van der Waals surface area contributed by atoms with Gasteiger partial charge in [-0.25, -0.2) is 0 Å². The minimum Gasteiger partial charge on any atom is -0.299 e. The second-order valence-electron chi connectivity index (χ2n) is 6.01. The van der Waals surface area contributed by atoms with E-state index in [0.29, 0.717) is 25.7 Å². The van der Waals surface area contributed by atoms with Crippen molar-refractivity contribution in [1.82, 2.24) is 0 Å². The predicted octanol–water partition coefficient (Wildman–Crippen LogP) is 2.84. The molecule has 2 aliphatic carbocycles. The molecular formula is C14H18O2. The topological polar surface area (TPSA) is 34.1 Å². The average Bonchev–Trinajstić information content (AvgIpc) is 2.40. The quantitative estimate of drug-likeness (QED) is 0.586. The molecule has 0 aliphatic heterocycles. The second-order valence-corrected chi connectivity index (χ2v) is 6.01. The summed E-state index contributed by atoms with van der Waals surface area (Å²) in [5, 5.41) is 0. The molecule has 0 unspecified atom stereocenters. The van der Waals surface area contributed by atoms with Gasteiger partial charge in [0.1, 0.15) is 11.6 Å². The van der Waals surface area contributed by atoms with Gasteiger partial charge in [0.25, 0.3) is 0 Å². The number of carbonyl (C=O) groups is 2. The molecule has 0 heterocycles. The molecule has 2 saturated carbocycles. The van der Waals surface area contributed by atoms with E-state index in [9.17, 15) is 9.59 Å². The molecule has 0 amide bonds. The fourth-order valence-corrected chi connectivity index (χ4v) is 2.86. The number of rotatable bonds is 0. The first-order valence-corrected chi connectivity index (χ1v) is 5.69. The third-order valence-electron chi connectivity index (χ3n) is 3.88. The molecule has 0 aromatic heterocycles. The van der Waals surface area contributed by atoms with E-state index in [-0.39, 0.29) is 17.0 Å². The standard InChI is InChI=1S/C14H18O2/c1-9-5-14(6-10(9)2)11(15)7-13(3,4)8-12(14)16/h1-2,5-8H2,3-4H3. The number of carbonyl (C=O) groups excluding carboxylic acids is 2. The van der Waals surface area contributed by atoms with Crippen LogP contribution >= 0.6 is 0 Å². The first-order valence-electron chi connectivity index (χ1n) is 5.69. The SMILES string of the molecule is C=C1CC2(CC1=C)C(=O)CC(C)(C)CC2=O. The average molecular weight is 218 g/mol. The highest BCUT2D eigenvalue weighted by Gasteiger charge is 2.54. The highest BCUT2D eigenvalue weighted by Crippen LogP contribution is 2.51.